The average molecular weight is 240 g/mol. The van der Waals surface area contributed by atoms with Crippen molar-refractivity contribution >= 4 is 11.9 Å². The van der Waals surface area contributed by atoms with Gasteiger partial charge in [0.15, 0.2) is 5.92 Å². The Morgan fingerprint density at radius 1 is 1.24 bits per heavy atom. The third kappa shape index (κ3) is 4.21. The van der Waals surface area contributed by atoms with Crippen molar-refractivity contribution in [3.05, 3.63) is 12.2 Å². The molecule has 0 radical (unpaired) electrons. The topological polar surface area (TPSA) is 52.6 Å². The van der Waals surface area contributed by atoms with Crippen LogP contribution in [0.2, 0.25) is 0 Å². The van der Waals surface area contributed by atoms with E-state index in [4.69, 9.17) is 0 Å². The molecule has 0 amide bonds. The third-order valence-electron chi connectivity index (χ3n) is 3.11. The van der Waals surface area contributed by atoms with Crippen LogP contribution in [0.25, 0.3) is 0 Å². The van der Waals surface area contributed by atoms with Crippen LogP contribution in [-0.2, 0) is 19.1 Å². The van der Waals surface area contributed by atoms with E-state index in [0.717, 1.165) is 19.3 Å². The van der Waals surface area contributed by atoms with Gasteiger partial charge in [0.25, 0.3) is 0 Å². The lowest BCUT2D eigenvalue weighted by Gasteiger charge is -2.17. The molecule has 96 valence electrons. The molecule has 0 aliphatic heterocycles. The fraction of sp³-hybridized carbons (Fsp3) is 0.692. The summed E-state index contributed by atoms with van der Waals surface area (Å²) in [6.45, 7) is 0. The molecule has 4 nitrogen and oxygen atoms in total. The van der Waals surface area contributed by atoms with Gasteiger partial charge in [0.1, 0.15) is 0 Å². The first kappa shape index (κ1) is 13.7. The van der Waals surface area contributed by atoms with E-state index in [0.29, 0.717) is 6.42 Å². The van der Waals surface area contributed by atoms with E-state index in [1.807, 2.05) is 0 Å². The second-order valence-corrected chi connectivity index (χ2v) is 4.31. The molecule has 1 atom stereocenters. The first-order chi connectivity index (χ1) is 8.19. The number of allylic oxidation sites excluding steroid dienone is 2. The highest BCUT2D eigenvalue weighted by atomic mass is 16.5. The van der Waals surface area contributed by atoms with Gasteiger partial charge in [-0.1, -0.05) is 18.6 Å². The van der Waals surface area contributed by atoms with Crippen LogP contribution < -0.4 is 0 Å². The van der Waals surface area contributed by atoms with Crippen LogP contribution >= 0.6 is 0 Å². The Morgan fingerprint density at radius 3 is 2.47 bits per heavy atom. The van der Waals surface area contributed by atoms with Crippen LogP contribution in [-0.4, -0.2) is 26.2 Å². The average Bonchev–Trinajstić information content (AvgIpc) is 2.62. The van der Waals surface area contributed by atoms with Crippen LogP contribution in [0.3, 0.4) is 0 Å². The fourth-order valence-corrected chi connectivity index (χ4v) is 2.13. The van der Waals surface area contributed by atoms with Crippen LogP contribution in [0.15, 0.2) is 12.2 Å². The molecule has 0 heterocycles. The van der Waals surface area contributed by atoms with E-state index >= 15 is 0 Å². The molecule has 1 rings (SSSR count). The van der Waals surface area contributed by atoms with Gasteiger partial charge in [-0.2, -0.15) is 0 Å². The van der Waals surface area contributed by atoms with E-state index < -0.39 is 17.9 Å². The van der Waals surface area contributed by atoms with Crippen molar-refractivity contribution in [2.24, 2.45) is 11.8 Å². The number of esters is 2. The Labute approximate surface area is 102 Å². The van der Waals surface area contributed by atoms with Crippen LogP contribution in [0.4, 0.5) is 0 Å². The highest BCUT2D eigenvalue weighted by Gasteiger charge is 2.30. The lowest BCUT2D eigenvalue weighted by atomic mass is 9.91. The number of carbonyl (C=O) groups excluding carboxylic acids is 2. The fourth-order valence-electron chi connectivity index (χ4n) is 2.13. The van der Waals surface area contributed by atoms with Crippen molar-refractivity contribution < 1.29 is 19.1 Å². The molecule has 0 saturated carbocycles. The molecule has 0 fully saturated rings. The summed E-state index contributed by atoms with van der Waals surface area (Å²) in [4.78, 5) is 23.0. The number of ether oxygens (including phenoxy) is 2. The molecule has 0 N–H and O–H groups in total. The summed E-state index contributed by atoms with van der Waals surface area (Å²) in [5.74, 6) is -1.54. The van der Waals surface area contributed by atoms with Gasteiger partial charge in [0, 0.05) is 0 Å². The molecule has 0 aromatic heterocycles. The molecule has 0 aromatic rings. The Morgan fingerprint density at radius 2 is 1.88 bits per heavy atom. The minimum atomic E-state index is -0.794. The van der Waals surface area contributed by atoms with E-state index in [1.54, 1.807) is 0 Å². The zero-order valence-corrected chi connectivity index (χ0v) is 10.5. The predicted molar refractivity (Wildman–Crippen MR) is 63.2 cm³/mol. The largest absolute Gasteiger partial charge is 0.468 e. The summed E-state index contributed by atoms with van der Waals surface area (Å²) < 4.78 is 9.29. The van der Waals surface area contributed by atoms with Gasteiger partial charge in [-0.05, 0) is 31.6 Å². The predicted octanol–water partition coefficient (Wildman–Crippen LogP) is 2.09. The quantitative estimate of drug-likeness (QED) is 0.429. The van der Waals surface area contributed by atoms with Gasteiger partial charge in [-0.15, -0.1) is 0 Å². The summed E-state index contributed by atoms with van der Waals surface area (Å²) in [5, 5.41) is 0. The van der Waals surface area contributed by atoms with Crippen LogP contribution in [0, 0.1) is 11.8 Å². The normalized spacial score (nSPS) is 19.8. The van der Waals surface area contributed by atoms with Gasteiger partial charge in [-0.3, -0.25) is 9.59 Å². The molecule has 1 aliphatic carbocycles. The maximum Gasteiger partial charge on any atom is 0.320 e. The van der Waals surface area contributed by atoms with E-state index in [2.05, 4.69) is 21.6 Å². The highest BCUT2D eigenvalue weighted by molar-refractivity contribution is 5.94. The van der Waals surface area contributed by atoms with Gasteiger partial charge in [0.05, 0.1) is 14.2 Å². The second-order valence-electron chi connectivity index (χ2n) is 4.31. The highest BCUT2D eigenvalue weighted by Crippen LogP contribution is 2.24. The molecule has 0 spiro atoms. The van der Waals surface area contributed by atoms with Crippen molar-refractivity contribution in [3.63, 3.8) is 0 Å². The molecular formula is C13H20O4. The molecule has 4 heteroatoms. The maximum atomic E-state index is 11.5. The van der Waals surface area contributed by atoms with E-state index in [-0.39, 0.29) is 5.92 Å². The molecule has 0 saturated heterocycles. The lowest BCUT2D eigenvalue weighted by molar-refractivity contribution is -0.159. The summed E-state index contributed by atoms with van der Waals surface area (Å²) >= 11 is 0. The standard InChI is InChI=1S/C13H20O4/c1-16-12(14)11(13(15)17-2)9-10-7-5-3-4-6-8-10/h5,7,10-11H,3-4,6,8-9H2,1-2H3/t10-/m0/s1. The number of hydrogen-bond donors (Lipinski definition) is 0. The first-order valence-corrected chi connectivity index (χ1v) is 6.01. The number of rotatable bonds is 4. The Kier molecular flexibility index (Phi) is 5.73. The van der Waals surface area contributed by atoms with Gasteiger partial charge >= 0.3 is 11.9 Å². The van der Waals surface area contributed by atoms with Gasteiger partial charge in [-0.25, -0.2) is 0 Å². The second kappa shape index (κ2) is 7.09. The number of methoxy groups -OCH3 is 2. The van der Waals surface area contributed by atoms with Gasteiger partial charge < -0.3 is 9.47 Å². The van der Waals surface area contributed by atoms with Crippen molar-refractivity contribution in [1.29, 1.82) is 0 Å². The molecule has 0 bridgehead atoms. The minimum absolute atomic E-state index is 0.265. The first-order valence-electron chi connectivity index (χ1n) is 6.01. The van der Waals surface area contributed by atoms with Crippen molar-refractivity contribution in [2.75, 3.05) is 14.2 Å². The summed E-state index contributed by atoms with van der Waals surface area (Å²) in [6.07, 6.45) is 9.12. The van der Waals surface area contributed by atoms with E-state index in [9.17, 15) is 9.59 Å². The molecule has 0 aromatic carbocycles. The Bertz CT molecular complexity index is 280. The van der Waals surface area contributed by atoms with Crippen LogP contribution in [0.1, 0.15) is 32.1 Å². The maximum absolute atomic E-state index is 11.5. The van der Waals surface area contributed by atoms with Gasteiger partial charge in [0.2, 0.25) is 0 Å². The molecule has 17 heavy (non-hydrogen) atoms. The lowest BCUT2D eigenvalue weighted by Crippen LogP contribution is -2.28. The smallest absolute Gasteiger partial charge is 0.320 e. The zero-order chi connectivity index (χ0) is 12.7. The molecule has 0 unspecified atom stereocenters. The molecule has 1 aliphatic rings. The van der Waals surface area contributed by atoms with Crippen molar-refractivity contribution in [1.82, 2.24) is 0 Å². The summed E-state index contributed by atoms with van der Waals surface area (Å²) in [6, 6.07) is 0. The zero-order valence-electron chi connectivity index (χ0n) is 10.5. The summed E-state index contributed by atoms with van der Waals surface area (Å²) in [7, 11) is 2.59. The number of hydrogen-bond acceptors (Lipinski definition) is 4. The van der Waals surface area contributed by atoms with Crippen LogP contribution in [0.5, 0.6) is 0 Å². The number of carbonyl (C=O) groups is 2. The SMILES string of the molecule is COC(=O)C(C[C@H]1C=CCCCC1)C(=O)OC. The van der Waals surface area contributed by atoms with E-state index in [1.165, 1.54) is 20.6 Å². The third-order valence-corrected chi connectivity index (χ3v) is 3.11. The van der Waals surface area contributed by atoms with Crippen molar-refractivity contribution in [2.45, 2.75) is 32.1 Å². The summed E-state index contributed by atoms with van der Waals surface area (Å²) in [5.41, 5.74) is 0. The minimum Gasteiger partial charge on any atom is -0.468 e. The Balaban J connectivity index is 2.64. The monoisotopic (exact) mass is 240 g/mol. The Hall–Kier alpha value is -1.32. The molecular weight excluding hydrogens is 220 g/mol. The van der Waals surface area contributed by atoms with Crippen molar-refractivity contribution in [3.8, 4) is 0 Å².